The molecule has 0 aliphatic heterocycles. The van der Waals surface area contributed by atoms with Crippen LogP contribution in [-0.4, -0.2) is 64.9 Å². The molecule has 0 saturated heterocycles. The van der Waals surface area contributed by atoms with Gasteiger partial charge in [-0.25, -0.2) is 0 Å². The molecule has 1 rings (SSSR count). The molecule has 132 valence electrons. The summed E-state index contributed by atoms with van der Waals surface area (Å²) in [4.78, 5) is 6.42. The molecule has 0 aliphatic rings. The summed E-state index contributed by atoms with van der Waals surface area (Å²) < 4.78 is 10.8. The van der Waals surface area contributed by atoms with Crippen molar-refractivity contribution in [3.63, 3.8) is 0 Å². The third-order valence-corrected chi connectivity index (χ3v) is 3.27. The molecule has 2 N–H and O–H groups in total. The molecule has 0 bridgehead atoms. The van der Waals surface area contributed by atoms with E-state index in [4.69, 9.17) is 9.47 Å². The fourth-order valence-corrected chi connectivity index (χ4v) is 1.75. The van der Waals surface area contributed by atoms with Crippen LogP contribution in [0.25, 0.3) is 0 Å². The van der Waals surface area contributed by atoms with Crippen molar-refractivity contribution in [2.45, 2.75) is 6.92 Å². The molecule has 0 aromatic heterocycles. The van der Waals surface area contributed by atoms with Gasteiger partial charge in [-0.1, -0.05) is 6.92 Å². The number of nitrogens with zero attached hydrogens (tertiary/aromatic N) is 2. The number of halogens is 1. The zero-order chi connectivity index (χ0) is 16.2. The average Bonchev–Trinajstić information content (AvgIpc) is 2.57. The van der Waals surface area contributed by atoms with Gasteiger partial charge in [0.2, 0.25) is 0 Å². The number of nitrogens with one attached hydrogen (secondary N) is 2. The van der Waals surface area contributed by atoms with Crippen molar-refractivity contribution in [3.05, 3.63) is 24.3 Å². The summed E-state index contributed by atoms with van der Waals surface area (Å²) in [5.41, 5.74) is 0. The Bertz CT molecular complexity index is 440. The van der Waals surface area contributed by atoms with Crippen LogP contribution in [0, 0.1) is 0 Å². The largest absolute Gasteiger partial charge is 0.497 e. The van der Waals surface area contributed by atoms with E-state index in [1.165, 1.54) is 0 Å². The van der Waals surface area contributed by atoms with Crippen molar-refractivity contribution < 1.29 is 9.47 Å². The van der Waals surface area contributed by atoms with Crippen molar-refractivity contribution in [1.29, 1.82) is 0 Å². The predicted molar refractivity (Wildman–Crippen MR) is 106 cm³/mol. The second-order valence-corrected chi connectivity index (χ2v) is 4.85. The van der Waals surface area contributed by atoms with Gasteiger partial charge in [0.25, 0.3) is 0 Å². The Labute approximate surface area is 156 Å². The Morgan fingerprint density at radius 1 is 1.13 bits per heavy atom. The van der Waals surface area contributed by atoms with Gasteiger partial charge in [-0.3, -0.25) is 4.99 Å². The molecule has 0 heterocycles. The molecule has 7 heteroatoms. The van der Waals surface area contributed by atoms with Crippen molar-refractivity contribution >= 4 is 29.9 Å². The summed E-state index contributed by atoms with van der Waals surface area (Å²) in [6.07, 6.45) is 0. The highest BCUT2D eigenvalue weighted by Crippen LogP contribution is 2.16. The van der Waals surface area contributed by atoms with Gasteiger partial charge in [0.1, 0.15) is 18.1 Å². The summed E-state index contributed by atoms with van der Waals surface area (Å²) in [7, 11) is 5.51. The number of hydrogen-bond acceptors (Lipinski definition) is 4. The SMILES string of the molecule is CCN(C)CCNC(=NC)NCCOc1ccc(OC)cc1.I. The van der Waals surface area contributed by atoms with Gasteiger partial charge in [0.05, 0.1) is 13.7 Å². The number of methoxy groups -OCH3 is 1. The lowest BCUT2D eigenvalue weighted by atomic mass is 10.3. The highest BCUT2D eigenvalue weighted by atomic mass is 127. The Balaban J connectivity index is 0.00000484. The van der Waals surface area contributed by atoms with Gasteiger partial charge < -0.3 is 25.0 Å². The molecule has 6 nitrogen and oxygen atoms in total. The smallest absolute Gasteiger partial charge is 0.191 e. The second kappa shape index (κ2) is 13.2. The van der Waals surface area contributed by atoms with E-state index in [9.17, 15) is 0 Å². The van der Waals surface area contributed by atoms with E-state index in [2.05, 4.69) is 34.5 Å². The summed E-state index contributed by atoms with van der Waals surface area (Å²) in [5.74, 6) is 2.45. The van der Waals surface area contributed by atoms with E-state index in [1.807, 2.05) is 24.3 Å². The van der Waals surface area contributed by atoms with Crippen LogP contribution in [0.2, 0.25) is 0 Å². The van der Waals surface area contributed by atoms with Crippen LogP contribution >= 0.6 is 24.0 Å². The highest BCUT2D eigenvalue weighted by molar-refractivity contribution is 14.0. The molecule has 0 atom stereocenters. The Hall–Kier alpha value is -1.22. The lowest BCUT2D eigenvalue weighted by Crippen LogP contribution is -2.42. The van der Waals surface area contributed by atoms with Gasteiger partial charge in [-0.05, 0) is 37.9 Å². The Morgan fingerprint density at radius 2 is 1.74 bits per heavy atom. The summed E-state index contributed by atoms with van der Waals surface area (Å²) in [5, 5.41) is 6.50. The number of aliphatic imine (C=N–C) groups is 1. The molecule has 23 heavy (non-hydrogen) atoms. The molecule has 0 saturated carbocycles. The fourth-order valence-electron chi connectivity index (χ4n) is 1.75. The Kier molecular flexibility index (Phi) is 12.5. The first-order valence-electron chi connectivity index (χ1n) is 7.59. The first-order valence-corrected chi connectivity index (χ1v) is 7.59. The van der Waals surface area contributed by atoms with Crippen molar-refractivity contribution in [2.24, 2.45) is 4.99 Å². The standard InChI is InChI=1S/C16H28N4O2.HI/c1-5-20(3)12-10-18-16(17-2)19-11-13-22-15-8-6-14(21-4)7-9-15;/h6-9H,5,10-13H2,1-4H3,(H2,17,18,19);1H. The molecular weight excluding hydrogens is 407 g/mol. The molecule has 1 aromatic carbocycles. The van der Waals surface area contributed by atoms with Crippen molar-refractivity contribution in [3.8, 4) is 11.5 Å². The summed E-state index contributed by atoms with van der Waals surface area (Å²) in [6.45, 7) is 6.30. The van der Waals surface area contributed by atoms with Crippen molar-refractivity contribution in [1.82, 2.24) is 15.5 Å². The minimum absolute atomic E-state index is 0. The van der Waals surface area contributed by atoms with Crippen LogP contribution in [0.4, 0.5) is 0 Å². The normalized spacial score (nSPS) is 10.9. The molecule has 0 radical (unpaired) electrons. The van der Waals surface area contributed by atoms with E-state index >= 15 is 0 Å². The van der Waals surface area contributed by atoms with Gasteiger partial charge in [0.15, 0.2) is 5.96 Å². The first kappa shape index (κ1) is 21.8. The summed E-state index contributed by atoms with van der Waals surface area (Å²) in [6, 6.07) is 7.56. The minimum atomic E-state index is 0. The van der Waals surface area contributed by atoms with E-state index in [-0.39, 0.29) is 24.0 Å². The van der Waals surface area contributed by atoms with E-state index in [1.54, 1.807) is 14.2 Å². The zero-order valence-electron chi connectivity index (χ0n) is 14.5. The topological polar surface area (TPSA) is 58.1 Å². The van der Waals surface area contributed by atoms with Gasteiger partial charge in [-0.15, -0.1) is 24.0 Å². The highest BCUT2D eigenvalue weighted by Gasteiger charge is 1.99. The molecule has 0 amide bonds. The zero-order valence-corrected chi connectivity index (χ0v) is 16.8. The third kappa shape index (κ3) is 9.50. The number of guanidine groups is 1. The van der Waals surface area contributed by atoms with Crippen LogP contribution in [0.3, 0.4) is 0 Å². The molecule has 0 fully saturated rings. The van der Waals surface area contributed by atoms with E-state index in [0.717, 1.165) is 37.1 Å². The van der Waals surface area contributed by atoms with Gasteiger partial charge in [-0.2, -0.15) is 0 Å². The predicted octanol–water partition coefficient (Wildman–Crippen LogP) is 1.81. The van der Waals surface area contributed by atoms with Gasteiger partial charge >= 0.3 is 0 Å². The van der Waals surface area contributed by atoms with Crippen LogP contribution in [0.15, 0.2) is 29.3 Å². The number of hydrogen-bond donors (Lipinski definition) is 2. The maximum absolute atomic E-state index is 5.65. The number of likely N-dealkylation sites (N-methyl/N-ethyl adjacent to an activating group) is 1. The van der Waals surface area contributed by atoms with Crippen LogP contribution in [-0.2, 0) is 0 Å². The van der Waals surface area contributed by atoms with Crippen molar-refractivity contribution in [2.75, 3.05) is 54.0 Å². The van der Waals surface area contributed by atoms with Gasteiger partial charge in [0, 0.05) is 20.1 Å². The monoisotopic (exact) mass is 436 g/mol. The molecule has 0 spiro atoms. The summed E-state index contributed by atoms with van der Waals surface area (Å²) >= 11 is 0. The Morgan fingerprint density at radius 3 is 2.30 bits per heavy atom. The van der Waals surface area contributed by atoms with Crippen LogP contribution in [0.1, 0.15) is 6.92 Å². The maximum Gasteiger partial charge on any atom is 0.191 e. The molecule has 1 aromatic rings. The third-order valence-electron chi connectivity index (χ3n) is 3.27. The molecule has 0 aliphatic carbocycles. The van der Waals surface area contributed by atoms with E-state index < -0.39 is 0 Å². The van der Waals surface area contributed by atoms with Crippen LogP contribution in [0.5, 0.6) is 11.5 Å². The fraction of sp³-hybridized carbons (Fsp3) is 0.562. The van der Waals surface area contributed by atoms with E-state index in [0.29, 0.717) is 13.2 Å². The quantitative estimate of drug-likeness (QED) is 0.268. The van der Waals surface area contributed by atoms with Crippen LogP contribution < -0.4 is 20.1 Å². The number of rotatable bonds is 9. The first-order chi connectivity index (χ1) is 10.7. The average molecular weight is 436 g/mol. The maximum atomic E-state index is 5.65. The number of benzene rings is 1. The molecular formula is C16H29IN4O2. The minimum Gasteiger partial charge on any atom is -0.497 e. The lowest BCUT2D eigenvalue weighted by Gasteiger charge is -2.16. The second-order valence-electron chi connectivity index (χ2n) is 4.85. The molecule has 0 unspecified atom stereocenters. The number of ether oxygens (including phenoxy) is 2. The lowest BCUT2D eigenvalue weighted by molar-refractivity contribution is 0.320.